The number of carboxylic acids is 1. The minimum Gasteiger partial charge on any atom is -0.478 e. The van der Waals surface area contributed by atoms with E-state index in [1.807, 2.05) is 0 Å². The molecule has 0 radical (unpaired) electrons. The first-order valence-corrected chi connectivity index (χ1v) is 7.60. The van der Waals surface area contributed by atoms with Crippen molar-refractivity contribution in [3.05, 3.63) is 29.8 Å². The van der Waals surface area contributed by atoms with E-state index in [0.717, 1.165) is 24.9 Å². The fourth-order valence-corrected chi connectivity index (χ4v) is 2.84. The normalized spacial score (nSPS) is 18.3. The summed E-state index contributed by atoms with van der Waals surface area (Å²) in [5, 5.41) is 18.2. The molecule has 1 heterocycles. The van der Waals surface area contributed by atoms with Crippen LogP contribution < -0.4 is 4.90 Å². The van der Waals surface area contributed by atoms with Crippen LogP contribution in [-0.2, 0) is 0 Å². The van der Waals surface area contributed by atoms with Gasteiger partial charge >= 0.3 is 12.1 Å². The molecule has 0 saturated carbocycles. The van der Waals surface area contributed by atoms with E-state index in [9.17, 15) is 14.7 Å². The largest absolute Gasteiger partial charge is 0.478 e. The Morgan fingerprint density at radius 2 is 1.86 bits per heavy atom. The van der Waals surface area contributed by atoms with Gasteiger partial charge in [-0.1, -0.05) is 19.8 Å². The maximum Gasteiger partial charge on any atom is 0.407 e. The van der Waals surface area contributed by atoms with E-state index in [2.05, 4.69) is 11.8 Å². The number of hydrogen-bond acceptors (Lipinski definition) is 3. The standard InChI is InChI=1S/C16H22N2O4/c1-2-3-4-14-11-17(9-10-18(14)16(21)22)13-7-5-12(6-8-13)15(19)20/h5-8,14H,2-4,9-11H2,1H3,(H,19,20)(H,21,22)/t14-/m1/s1. The van der Waals surface area contributed by atoms with Gasteiger partial charge in [-0.15, -0.1) is 0 Å². The SMILES string of the molecule is CCCC[C@@H]1CN(c2ccc(C(=O)O)cc2)CCN1C(=O)O. The molecule has 1 aliphatic heterocycles. The highest BCUT2D eigenvalue weighted by Gasteiger charge is 2.29. The third-order valence-electron chi connectivity index (χ3n) is 4.10. The Morgan fingerprint density at radius 1 is 1.18 bits per heavy atom. The molecule has 1 fully saturated rings. The number of carbonyl (C=O) groups is 2. The Morgan fingerprint density at radius 3 is 2.41 bits per heavy atom. The summed E-state index contributed by atoms with van der Waals surface area (Å²) in [5.41, 5.74) is 1.20. The minimum atomic E-state index is -0.942. The molecule has 1 saturated heterocycles. The van der Waals surface area contributed by atoms with Crippen molar-refractivity contribution in [1.29, 1.82) is 0 Å². The van der Waals surface area contributed by atoms with Crippen molar-refractivity contribution >= 4 is 17.7 Å². The van der Waals surface area contributed by atoms with Crippen molar-refractivity contribution in [3.8, 4) is 0 Å². The van der Waals surface area contributed by atoms with Gasteiger partial charge in [0.2, 0.25) is 0 Å². The van der Waals surface area contributed by atoms with Crippen molar-refractivity contribution < 1.29 is 19.8 Å². The lowest BCUT2D eigenvalue weighted by atomic mass is 10.0. The third-order valence-corrected chi connectivity index (χ3v) is 4.10. The van der Waals surface area contributed by atoms with Crippen LogP contribution in [0.3, 0.4) is 0 Å². The summed E-state index contributed by atoms with van der Waals surface area (Å²) in [6.45, 7) is 3.85. The number of aromatic carboxylic acids is 1. The Kier molecular flexibility index (Phi) is 5.25. The van der Waals surface area contributed by atoms with E-state index in [0.29, 0.717) is 19.6 Å². The zero-order valence-corrected chi connectivity index (χ0v) is 12.7. The number of benzene rings is 1. The topological polar surface area (TPSA) is 81.1 Å². The molecule has 0 spiro atoms. The van der Waals surface area contributed by atoms with Crippen LogP contribution in [0, 0.1) is 0 Å². The van der Waals surface area contributed by atoms with E-state index < -0.39 is 12.1 Å². The Hall–Kier alpha value is -2.24. The molecule has 1 aliphatic rings. The van der Waals surface area contributed by atoms with Crippen molar-refractivity contribution in [2.24, 2.45) is 0 Å². The zero-order chi connectivity index (χ0) is 16.1. The molecule has 0 aliphatic carbocycles. The number of rotatable bonds is 5. The number of unbranched alkanes of at least 4 members (excludes halogenated alkanes) is 1. The number of carboxylic acid groups (broad SMARTS) is 2. The molecule has 1 aromatic carbocycles. The Labute approximate surface area is 130 Å². The highest BCUT2D eigenvalue weighted by molar-refractivity contribution is 5.88. The predicted molar refractivity (Wildman–Crippen MR) is 83.7 cm³/mol. The second-order valence-electron chi connectivity index (χ2n) is 5.57. The molecule has 2 rings (SSSR count). The maximum absolute atomic E-state index is 11.3. The van der Waals surface area contributed by atoms with Gasteiger partial charge in [0.25, 0.3) is 0 Å². The second kappa shape index (κ2) is 7.15. The van der Waals surface area contributed by atoms with E-state index in [-0.39, 0.29) is 11.6 Å². The average Bonchev–Trinajstić information content (AvgIpc) is 2.52. The Balaban J connectivity index is 2.09. The molecule has 6 heteroatoms. The van der Waals surface area contributed by atoms with Crippen LogP contribution in [0.4, 0.5) is 10.5 Å². The molecule has 6 nitrogen and oxygen atoms in total. The van der Waals surface area contributed by atoms with E-state index in [1.54, 1.807) is 24.3 Å². The fraction of sp³-hybridized carbons (Fsp3) is 0.500. The summed E-state index contributed by atoms with van der Waals surface area (Å²) < 4.78 is 0. The van der Waals surface area contributed by atoms with Gasteiger partial charge < -0.3 is 20.0 Å². The second-order valence-corrected chi connectivity index (χ2v) is 5.57. The third kappa shape index (κ3) is 3.69. The summed E-state index contributed by atoms with van der Waals surface area (Å²) in [5.74, 6) is -0.942. The number of piperazine rings is 1. The highest BCUT2D eigenvalue weighted by Crippen LogP contribution is 2.22. The predicted octanol–water partition coefficient (Wildman–Crippen LogP) is 2.74. The summed E-state index contributed by atoms with van der Waals surface area (Å²) in [4.78, 5) is 25.9. The Bertz CT molecular complexity index is 529. The smallest absolute Gasteiger partial charge is 0.407 e. The first-order chi connectivity index (χ1) is 10.5. The number of amides is 1. The van der Waals surface area contributed by atoms with Crippen LogP contribution in [0.2, 0.25) is 0 Å². The first-order valence-electron chi connectivity index (χ1n) is 7.60. The van der Waals surface area contributed by atoms with Gasteiger partial charge in [-0.25, -0.2) is 9.59 Å². The molecule has 0 aromatic heterocycles. The zero-order valence-electron chi connectivity index (χ0n) is 12.7. The van der Waals surface area contributed by atoms with Crippen LogP contribution in [0.25, 0.3) is 0 Å². The highest BCUT2D eigenvalue weighted by atomic mass is 16.4. The molecule has 1 aromatic rings. The van der Waals surface area contributed by atoms with Gasteiger partial charge in [-0.3, -0.25) is 0 Å². The van der Waals surface area contributed by atoms with Crippen LogP contribution in [0.5, 0.6) is 0 Å². The summed E-state index contributed by atoms with van der Waals surface area (Å²) in [6.07, 6.45) is 2.03. The van der Waals surface area contributed by atoms with Gasteiger partial charge in [-0.2, -0.15) is 0 Å². The molecule has 2 N–H and O–H groups in total. The first kappa shape index (κ1) is 16.1. The monoisotopic (exact) mass is 306 g/mol. The molecular formula is C16H22N2O4. The van der Waals surface area contributed by atoms with Crippen molar-refractivity contribution in [3.63, 3.8) is 0 Å². The van der Waals surface area contributed by atoms with E-state index >= 15 is 0 Å². The lowest BCUT2D eigenvalue weighted by Crippen LogP contribution is -2.55. The van der Waals surface area contributed by atoms with Gasteiger partial charge in [0.1, 0.15) is 0 Å². The van der Waals surface area contributed by atoms with Gasteiger partial charge in [0.05, 0.1) is 11.6 Å². The van der Waals surface area contributed by atoms with E-state index in [4.69, 9.17) is 5.11 Å². The van der Waals surface area contributed by atoms with Gasteiger partial charge in [0, 0.05) is 25.3 Å². The maximum atomic E-state index is 11.3. The fourth-order valence-electron chi connectivity index (χ4n) is 2.84. The van der Waals surface area contributed by atoms with Crippen molar-refractivity contribution in [2.45, 2.75) is 32.2 Å². The van der Waals surface area contributed by atoms with Crippen LogP contribution in [0.15, 0.2) is 24.3 Å². The molecule has 0 unspecified atom stereocenters. The number of anilines is 1. The molecule has 120 valence electrons. The van der Waals surface area contributed by atoms with Gasteiger partial charge in [-0.05, 0) is 30.7 Å². The van der Waals surface area contributed by atoms with Crippen molar-refractivity contribution in [1.82, 2.24) is 4.90 Å². The van der Waals surface area contributed by atoms with Crippen molar-refractivity contribution in [2.75, 3.05) is 24.5 Å². The lowest BCUT2D eigenvalue weighted by molar-refractivity contribution is 0.0696. The number of nitrogens with zero attached hydrogens (tertiary/aromatic N) is 2. The molecule has 22 heavy (non-hydrogen) atoms. The minimum absolute atomic E-state index is 0.00893. The molecule has 0 bridgehead atoms. The molecular weight excluding hydrogens is 284 g/mol. The van der Waals surface area contributed by atoms with Crippen LogP contribution >= 0.6 is 0 Å². The van der Waals surface area contributed by atoms with Crippen LogP contribution in [-0.4, -0.2) is 52.9 Å². The average molecular weight is 306 g/mol. The molecule has 1 atom stereocenters. The quantitative estimate of drug-likeness (QED) is 0.874. The van der Waals surface area contributed by atoms with Crippen LogP contribution in [0.1, 0.15) is 36.5 Å². The van der Waals surface area contributed by atoms with E-state index in [1.165, 1.54) is 4.90 Å². The molecule has 1 amide bonds. The lowest BCUT2D eigenvalue weighted by Gasteiger charge is -2.41. The number of hydrogen-bond donors (Lipinski definition) is 2. The summed E-state index contributed by atoms with van der Waals surface area (Å²) in [7, 11) is 0. The van der Waals surface area contributed by atoms with Gasteiger partial charge in [0.15, 0.2) is 0 Å². The summed E-state index contributed by atoms with van der Waals surface area (Å²) in [6, 6.07) is 6.74. The summed E-state index contributed by atoms with van der Waals surface area (Å²) >= 11 is 0.